The molecule has 1 saturated carbocycles. The Morgan fingerprint density at radius 1 is 1.33 bits per heavy atom. The van der Waals surface area contributed by atoms with E-state index < -0.39 is 0 Å². The minimum absolute atomic E-state index is 0.526. The first-order chi connectivity index (χ1) is 7.22. The Kier molecular flexibility index (Phi) is 3.65. The topological polar surface area (TPSA) is 24.5 Å². The van der Waals surface area contributed by atoms with Crippen molar-refractivity contribution in [2.24, 2.45) is 5.92 Å². The summed E-state index contributed by atoms with van der Waals surface area (Å²) in [6, 6.07) is 1.51. The molecule has 88 valence electrons. The molecule has 3 nitrogen and oxygen atoms in total. The largest absolute Gasteiger partial charge is 0.381 e. The molecular formula is C12H24N2O. The molecule has 0 spiro atoms. The van der Waals surface area contributed by atoms with Crippen LogP contribution in [0.4, 0.5) is 0 Å². The first-order valence-electron chi connectivity index (χ1n) is 6.21. The molecule has 0 amide bonds. The summed E-state index contributed by atoms with van der Waals surface area (Å²) in [4.78, 5) is 2.71. The first kappa shape index (κ1) is 11.4. The lowest BCUT2D eigenvalue weighted by Gasteiger charge is -2.49. The van der Waals surface area contributed by atoms with E-state index in [1.54, 1.807) is 0 Å². The predicted octanol–water partition coefficient (Wildman–Crippen LogP) is 1.09. The van der Waals surface area contributed by atoms with Gasteiger partial charge in [-0.2, -0.15) is 0 Å². The van der Waals surface area contributed by atoms with Gasteiger partial charge in [-0.3, -0.25) is 4.90 Å². The third-order valence-electron chi connectivity index (χ3n) is 3.97. The molecule has 2 fully saturated rings. The number of nitrogens with one attached hydrogen (secondary N) is 1. The summed E-state index contributed by atoms with van der Waals surface area (Å²) >= 11 is 0. The standard InChI is InChI=1S/C12H24N2O/c1-9(2)12-8-13-4-5-14(12)10-6-11(7-10)15-3/h9-13H,4-8H2,1-3H3. The monoisotopic (exact) mass is 212 g/mol. The normalized spacial score (nSPS) is 38.0. The third kappa shape index (κ3) is 2.35. The van der Waals surface area contributed by atoms with Crippen LogP contribution in [0.5, 0.6) is 0 Å². The van der Waals surface area contributed by atoms with Crippen molar-refractivity contribution in [3.05, 3.63) is 0 Å². The second-order valence-corrected chi connectivity index (χ2v) is 5.24. The van der Waals surface area contributed by atoms with Crippen LogP contribution in [0.3, 0.4) is 0 Å². The van der Waals surface area contributed by atoms with Gasteiger partial charge in [-0.25, -0.2) is 0 Å². The lowest BCUT2D eigenvalue weighted by molar-refractivity contribution is -0.0532. The zero-order valence-electron chi connectivity index (χ0n) is 10.2. The fourth-order valence-electron chi connectivity index (χ4n) is 2.81. The van der Waals surface area contributed by atoms with Crippen LogP contribution in [-0.2, 0) is 4.74 Å². The predicted molar refractivity (Wildman–Crippen MR) is 62.0 cm³/mol. The lowest BCUT2D eigenvalue weighted by Crippen LogP contribution is -2.61. The maximum absolute atomic E-state index is 5.36. The summed E-state index contributed by atoms with van der Waals surface area (Å²) in [7, 11) is 1.83. The first-order valence-corrected chi connectivity index (χ1v) is 6.21. The molecule has 1 heterocycles. The van der Waals surface area contributed by atoms with E-state index in [1.165, 1.54) is 19.4 Å². The molecule has 3 heteroatoms. The van der Waals surface area contributed by atoms with Gasteiger partial charge >= 0.3 is 0 Å². The van der Waals surface area contributed by atoms with E-state index in [-0.39, 0.29) is 0 Å². The van der Waals surface area contributed by atoms with Crippen molar-refractivity contribution in [2.45, 2.75) is 44.9 Å². The van der Waals surface area contributed by atoms with E-state index in [4.69, 9.17) is 4.74 Å². The number of ether oxygens (including phenoxy) is 1. The van der Waals surface area contributed by atoms with E-state index in [0.717, 1.165) is 31.1 Å². The molecule has 2 rings (SSSR count). The van der Waals surface area contributed by atoms with Crippen LogP contribution in [0.15, 0.2) is 0 Å². The van der Waals surface area contributed by atoms with Crippen LogP contribution in [0, 0.1) is 5.92 Å². The molecule has 2 aliphatic rings. The maximum Gasteiger partial charge on any atom is 0.0601 e. The summed E-state index contributed by atoms with van der Waals surface area (Å²) < 4.78 is 5.36. The van der Waals surface area contributed by atoms with Gasteiger partial charge in [-0.15, -0.1) is 0 Å². The maximum atomic E-state index is 5.36. The van der Waals surface area contributed by atoms with Crippen LogP contribution in [0.2, 0.25) is 0 Å². The minimum Gasteiger partial charge on any atom is -0.381 e. The highest BCUT2D eigenvalue weighted by molar-refractivity contribution is 4.94. The van der Waals surface area contributed by atoms with Crippen molar-refractivity contribution in [3.8, 4) is 0 Å². The van der Waals surface area contributed by atoms with Gasteiger partial charge in [0.1, 0.15) is 0 Å². The van der Waals surface area contributed by atoms with E-state index in [0.29, 0.717) is 6.10 Å². The van der Waals surface area contributed by atoms with Crippen molar-refractivity contribution in [3.63, 3.8) is 0 Å². The van der Waals surface area contributed by atoms with E-state index in [1.807, 2.05) is 7.11 Å². The molecular weight excluding hydrogens is 188 g/mol. The van der Waals surface area contributed by atoms with Gasteiger partial charge in [0.05, 0.1) is 6.10 Å². The Labute approximate surface area is 93.2 Å². The molecule has 0 aromatic carbocycles. The fourth-order valence-corrected chi connectivity index (χ4v) is 2.81. The molecule has 1 saturated heterocycles. The van der Waals surface area contributed by atoms with E-state index in [9.17, 15) is 0 Å². The highest BCUT2D eigenvalue weighted by Crippen LogP contribution is 2.31. The average molecular weight is 212 g/mol. The second kappa shape index (κ2) is 4.81. The van der Waals surface area contributed by atoms with Crippen molar-refractivity contribution >= 4 is 0 Å². The second-order valence-electron chi connectivity index (χ2n) is 5.24. The van der Waals surface area contributed by atoms with E-state index >= 15 is 0 Å². The Hall–Kier alpha value is -0.120. The minimum atomic E-state index is 0.526. The molecule has 0 bridgehead atoms. The third-order valence-corrected chi connectivity index (χ3v) is 3.97. The number of nitrogens with zero attached hydrogens (tertiary/aromatic N) is 1. The molecule has 1 aliphatic carbocycles. The molecule has 0 aromatic rings. The van der Waals surface area contributed by atoms with Crippen molar-refractivity contribution < 1.29 is 4.74 Å². The summed E-state index contributed by atoms with van der Waals surface area (Å²) in [6.45, 7) is 8.18. The lowest BCUT2D eigenvalue weighted by atomic mass is 9.85. The molecule has 1 unspecified atom stereocenters. The van der Waals surface area contributed by atoms with Gasteiger partial charge in [-0.1, -0.05) is 13.8 Å². The van der Waals surface area contributed by atoms with Gasteiger partial charge in [0.25, 0.3) is 0 Å². The van der Waals surface area contributed by atoms with Gasteiger partial charge < -0.3 is 10.1 Å². The fraction of sp³-hybridized carbons (Fsp3) is 1.00. The number of piperazine rings is 1. The molecule has 0 aromatic heterocycles. The van der Waals surface area contributed by atoms with Gasteiger partial charge in [0.2, 0.25) is 0 Å². The summed E-state index contributed by atoms with van der Waals surface area (Å²) in [5.41, 5.74) is 0. The summed E-state index contributed by atoms with van der Waals surface area (Å²) in [5.74, 6) is 0.749. The van der Waals surface area contributed by atoms with Crippen LogP contribution in [0.1, 0.15) is 26.7 Å². The SMILES string of the molecule is COC1CC(N2CCNCC2C(C)C)C1. The molecule has 0 radical (unpaired) electrons. The quantitative estimate of drug-likeness (QED) is 0.758. The number of methoxy groups -OCH3 is 1. The molecule has 1 atom stereocenters. The van der Waals surface area contributed by atoms with Crippen LogP contribution < -0.4 is 5.32 Å². The highest BCUT2D eigenvalue weighted by atomic mass is 16.5. The van der Waals surface area contributed by atoms with Crippen LogP contribution in [0.25, 0.3) is 0 Å². The molecule has 15 heavy (non-hydrogen) atoms. The van der Waals surface area contributed by atoms with Crippen molar-refractivity contribution in [2.75, 3.05) is 26.7 Å². The Morgan fingerprint density at radius 2 is 2.07 bits per heavy atom. The van der Waals surface area contributed by atoms with E-state index in [2.05, 4.69) is 24.1 Å². The van der Waals surface area contributed by atoms with Gasteiger partial charge in [0, 0.05) is 38.8 Å². The smallest absolute Gasteiger partial charge is 0.0601 e. The summed E-state index contributed by atoms with van der Waals surface area (Å²) in [6.07, 6.45) is 3.00. The zero-order valence-corrected chi connectivity index (χ0v) is 10.2. The highest BCUT2D eigenvalue weighted by Gasteiger charge is 2.38. The summed E-state index contributed by atoms with van der Waals surface area (Å²) in [5, 5.41) is 3.50. The zero-order chi connectivity index (χ0) is 10.8. The van der Waals surface area contributed by atoms with Crippen LogP contribution in [-0.4, -0.2) is 49.8 Å². The van der Waals surface area contributed by atoms with Crippen molar-refractivity contribution in [1.82, 2.24) is 10.2 Å². The Morgan fingerprint density at radius 3 is 2.67 bits per heavy atom. The van der Waals surface area contributed by atoms with Gasteiger partial charge in [0.15, 0.2) is 0 Å². The number of rotatable bonds is 3. The Balaban J connectivity index is 1.88. The average Bonchev–Trinajstić information content (AvgIpc) is 2.16. The van der Waals surface area contributed by atoms with Crippen LogP contribution >= 0.6 is 0 Å². The van der Waals surface area contributed by atoms with Crippen molar-refractivity contribution in [1.29, 1.82) is 0 Å². The van der Waals surface area contributed by atoms with Gasteiger partial charge in [-0.05, 0) is 18.8 Å². The Bertz CT molecular complexity index is 202. The number of hydrogen-bond acceptors (Lipinski definition) is 3. The molecule has 1 N–H and O–H groups in total. The molecule has 1 aliphatic heterocycles. The number of hydrogen-bond donors (Lipinski definition) is 1.